The Labute approximate surface area is 125 Å². The molecule has 0 aliphatic rings. The number of aromatic amines is 1. The Balaban J connectivity index is 2.39. The van der Waals surface area contributed by atoms with Crippen LogP contribution in [0.25, 0.3) is 0 Å². The third-order valence-electron chi connectivity index (χ3n) is 2.65. The Morgan fingerprint density at radius 1 is 1.39 bits per heavy atom. The van der Waals surface area contributed by atoms with E-state index in [-0.39, 0.29) is 0 Å². The van der Waals surface area contributed by atoms with Crippen molar-refractivity contribution in [3.05, 3.63) is 55.5 Å². The predicted octanol–water partition coefficient (Wildman–Crippen LogP) is 4.71. The molecule has 94 valence electrons. The molecule has 1 heterocycles. The minimum atomic E-state index is 0.590. The normalized spacial score (nSPS) is 10.6. The van der Waals surface area contributed by atoms with Crippen LogP contribution in [0.4, 0.5) is 0 Å². The van der Waals surface area contributed by atoms with Crippen molar-refractivity contribution in [2.45, 2.75) is 19.8 Å². The Hall–Kier alpha value is -0.710. The monoisotopic (exact) mass is 342 g/mol. The molecular formula is C13H12BrClN2S. The third-order valence-corrected chi connectivity index (χ3v) is 4.43. The van der Waals surface area contributed by atoms with Crippen molar-refractivity contribution >= 4 is 39.7 Å². The van der Waals surface area contributed by atoms with Gasteiger partial charge < -0.3 is 4.98 Å². The lowest BCUT2D eigenvalue weighted by atomic mass is 10.1. The first-order valence-corrected chi connectivity index (χ1v) is 7.20. The molecular weight excluding hydrogens is 332 g/mol. The molecule has 0 unspecified atom stereocenters. The number of halogens is 2. The zero-order valence-corrected chi connectivity index (χ0v) is 13.0. The summed E-state index contributed by atoms with van der Waals surface area (Å²) in [6.45, 7) is 2.07. The van der Waals surface area contributed by atoms with Crippen LogP contribution in [0.3, 0.4) is 0 Å². The molecule has 2 aromatic rings. The molecule has 0 bridgehead atoms. The smallest absolute Gasteiger partial charge is 0.144 e. The maximum absolute atomic E-state index is 6.14. The number of aryl methyl sites for hydroxylation is 1. The fraction of sp³-hybridized carbons (Fsp3) is 0.231. The Morgan fingerprint density at radius 2 is 2.11 bits per heavy atom. The van der Waals surface area contributed by atoms with E-state index in [1.165, 1.54) is 0 Å². The minimum absolute atomic E-state index is 0.590. The molecule has 0 fully saturated rings. The van der Waals surface area contributed by atoms with Gasteiger partial charge in [-0.1, -0.05) is 48.9 Å². The topological polar surface area (TPSA) is 28.7 Å². The molecule has 0 radical (unpaired) electrons. The van der Waals surface area contributed by atoms with Crippen LogP contribution in [0.15, 0.2) is 28.7 Å². The molecule has 0 spiro atoms. The minimum Gasteiger partial charge on any atom is -0.346 e. The molecule has 0 saturated carbocycles. The summed E-state index contributed by atoms with van der Waals surface area (Å²) in [6, 6.07) is 7.76. The maximum Gasteiger partial charge on any atom is 0.144 e. The maximum atomic E-state index is 6.14. The Morgan fingerprint density at radius 3 is 2.78 bits per heavy atom. The molecule has 0 saturated heterocycles. The molecule has 18 heavy (non-hydrogen) atoms. The summed E-state index contributed by atoms with van der Waals surface area (Å²) >= 11 is 14.8. The van der Waals surface area contributed by atoms with Crippen LogP contribution in [-0.2, 0) is 12.8 Å². The summed E-state index contributed by atoms with van der Waals surface area (Å²) in [5, 5.41) is 0.750. The van der Waals surface area contributed by atoms with Crippen molar-refractivity contribution in [1.29, 1.82) is 0 Å². The molecule has 5 heteroatoms. The number of aromatic nitrogens is 2. The van der Waals surface area contributed by atoms with Crippen molar-refractivity contribution in [3.8, 4) is 0 Å². The van der Waals surface area contributed by atoms with Gasteiger partial charge in [0.15, 0.2) is 0 Å². The van der Waals surface area contributed by atoms with Gasteiger partial charge in [-0.15, -0.1) is 0 Å². The average Bonchev–Trinajstić information content (AvgIpc) is 2.36. The van der Waals surface area contributed by atoms with E-state index in [1.54, 1.807) is 0 Å². The first-order chi connectivity index (χ1) is 8.61. The molecule has 0 aliphatic carbocycles. The standard InChI is InChI=1S/C13H12BrClN2S/c1-2-10-12(14)13(18)17-11(16-10)7-8-5-3-4-6-9(8)15/h3-6H,2,7H2,1H3,(H,16,17,18). The molecule has 0 amide bonds. The molecule has 0 aliphatic heterocycles. The van der Waals surface area contributed by atoms with Crippen molar-refractivity contribution in [1.82, 2.24) is 9.97 Å². The summed E-state index contributed by atoms with van der Waals surface area (Å²) in [5.41, 5.74) is 2.11. The van der Waals surface area contributed by atoms with Crippen LogP contribution >= 0.6 is 39.7 Å². The molecule has 2 rings (SSSR count). The van der Waals surface area contributed by atoms with E-state index in [0.717, 1.165) is 33.0 Å². The second kappa shape index (κ2) is 5.95. The van der Waals surface area contributed by atoms with Crippen molar-refractivity contribution < 1.29 is 0 Å². The second-order valence-corrected chi connectivity index (χ2v) is 5.49. The lowest BCUT2D eigenvalue weighted by Crippen LogP contribution is -2.02. The van der Waals surface area contributed by atoms with Crippen molar-refractivity contribution in [2.24, 2.45) is 0 Å². The highest BCUT2D eigenvalue weighted by Gasteiger charge is 2.07. The van der Waals surface area contributed by atoms with E-state index in [9.17, 15) is 0 Å². The van der Waals surface area contributed by atoms with Crippen LogP contribution in [0.1, 0.15) is 24.0 Å². The van der Waals surface area contributed by atoms with Crippen LogP contribution in [0.2, 0.25) is 5.02 Å². The van der Waals surface area contributed by atoms with Crippen molar-refractivity contribution in [2.75, 3.05) is 0 Å². The lowest BCUT2D eigenvalue weighted by Gasteiger charge is -2.08. The molecule has 0 atom stereocenters. The number of hydrogen-bond acceptors (Lipinski definition) is 2. The van der Waals surface area contributed by atoms with Gasteiger partial charge in [0.2, 0.25) is 0 Å². The van der Waals surface area contributed by atoms with Gasteiger partial charge in [-0.2, -0.15) is 0 Å². The van der Waals surface area contributed by atoms with E-state index < -0.39 is 0 Å². The van der Waals surface area contributed by atoms with Gasteiger partial charge in [-0.05, 0) is 34.0 Å². The predicted molar refractivity (Wildman–Crippen MR) is 80.8 cm³/mol. The zero-order chi connectivity index (χ0) is 13.1. The quantitative estimate of drug-likeness (QED) is 0.818. The highest BCUT2D eigenvalue weighted by atomic mass is 79.9. The lowest BCUT2D eigenvalue weighted by molar-refractivity contribution is 0.889. The van der Waals surface area contributed by atoms with Gasteiger partial charge in [-0.25, -0.2) is 4.98 Å². The Kier molecular flexibility index (Phi) is 4.54. The first-order valence-electron chi connectivity index (χ1n) is 5.62. The van der Waals surface area contributed by atoms with E-state index in [1.807, 2.05) is 24.3 Å². The van der Waals surface area contributed by atoms with Crippen molar-refractivity contribution in [3.63, 3.8) is 0 Å². The highest BCUT2D eigenvalue weighted by Crippen LogP contribution is 2.20. The van der Waals surface area contributed by atoms with E-state index >= 15 is 0 Å². The summed E-state index contributed by atoms with van der Waals surface area (Å²) in [7, 11) is 0. The molecule has 1 aromatic carbocycles. The number of hydrogen-bond donors (Lipinski definition) is 1. The number of nitrogens with one attached hydrogen (secondary N) is 1. The summed E-state index contributed by atoms with van der Waals surface area (Å²) in [4.78, 5) is 7.67. The zero-order valence-electron chi connectivity index (χ0n) is 9.84. The van der Waals surface area contributed by atoms with E-state index in [0.29, 0.717) is 11.1 Å². The van der Waals surface area contributed by atoms with Gasteiger partial charge in [0, 0.05) is 17.1 Å². The molecule has 1 N–H and O–H groups in total. The summed E-state index contributed by atoms with van der Waals surface area (Å²) in [5.74, 6) is 0.841. The fourth-order valence-corrected chi connectivity index (χ4v) is 2.61. The Bertz CT molecular complexity index is 625. The molecule has 2 nitrogen and oxygen atoms in total. The second-order valence-electron chi connectivity index (χ2n) is 3.90. The number of nitrogens with zero attached hydrogens (tertiary/aromatic N) is 1. The van der Waals surface area contributed by atoms with E-state index in [2.05, 4.69) is 32.8 Å². The van der Waals surface area contributed by atoms with Crippen LogP contribution in [-0.4, -0.2) is 9.97 Å². The summed E-state index contributed by atoms with van der Waals surface area (Å²) < 4.78 is 1.47. The summed E-state index contributed by atoms with van der Waals surface area (Å²) in [6.07, 6.45) is 1.53. The van der Waals surface area contributed by atoms with Gasteiger partial charge in [-0.3, -0.25) is 0 Å². The largest absolute Gasteiger partial charge is 0.346 e. The van der Waals surface area contributed by atoms with Gasteiger partial charge in [0.25, 0.3) is 0 Å². The average molecular weight is 344 g/mol. The number of H-pyrrole nitrogens is 1. The third kappa shape index (κ3) is 2.99. The highest BCUT2D eigenvalue weighted by molar-refractivity contribution is 9.10. The van der Waals surface area contributed by atoms with Crippen LogP contribution < -0.4 is 0 Å². The molecule has 1 aromatic heterocycles. The fourth-order valence-electron chi connectivity index (χ4n) is 1.71. The van der Waals surface area contributed by atoms with Gasteiger partial charge >= 0.3 is 0 Å². The van der Waals surface area contributed by atoms with Crippen LogP contribution in [0.5, 0.6) is 0 Å². The van der Waals surface area contributed by atoms with Gasteiger partial charge in [0.1, 0.15) is 10.5 Å². The number of benzene rings is 1. The number of rotatable bonds is 3. The van der Waals surface area contributed by atoms with Crippen LogP contribution in [0, 0.1) is 4.64 Å². The first kappa shape index (κ1) is 13.7. The van der Waals surface area contributed by atoms with Gasteiger partial charge in [0.05, 0.1) is 4.47 Å². The SMILES string of the molecule is CCc1[nH]c(Cc2ccccc2Cl)nc(=S)c1Br. The van der Waals surface area contributed by atoms with E-state index in [4.69, 9.17) is 23.8 Å².